The SMILES string of the molecule is Cc1cc(C)n(CC(C)NCCCc2nc(C)c(C)s2)n1.O=CO. The summed E-state index contributed by atoms with van der Waals surface area (Å²) in [4.78, 5) is 14.3. The zero-order valence-electron chi connectivity index (χ0n) is 15.2. The van der Waals surface area contributed by atoms with Crippen LogP contribution in [0.25, 0.3) is 0 Å². The van der Waals surface area contributed by atoms with Gasteiger partial charge >= 0.3 is 0 Å². The van der Waals surface area contributed by atoms with Gasteiger partial charge in [-0.15, -0.1) is 11.3 Å². The van der Waals surface area contributed by atoms with E-state index in [0.29, 0.717) is 6.04 Å². The number of carbonyl (C=O) groups is 1. The molecular weight excluding hydrogens is 324 g/mol. The van der Waals surface area contributed by atoms with E-state index in [1.165, 1.54) is 21.3 Å². The Bertz CT molecular complexity index is 617. The zero-order valence-corrected chi connectivity index (χ0v) is 16.0. The first-order valence-corrected chi connectivity index (χ1v) is 8.94. The van der Waals surface area contributed by atoms with Crippen molar-refractivity contribution < 1.29 is 9.90 Å². The molecule has 6 nitrogen and oxygen atoms in total. The third-order valence-electron chi connectivity index (χ3n) is 3.68. The van der Waals surface area contributed by atoms with Crippen LogP contribution < -0.4 is 5.32 Å². The van der Waals surface area contributed by atoms with Crippen molar-refractivity contribution in [3.05, 3.63) is 33.0 Å². The van der Waals surface area contributed by atoms with Gasteiger partial charge in [0, 0.05) is 23.0 Å². The van der Waals surface area contributed by atoms with E-state index in [1.54, 1.807) is 0 Å². The molecule has 134 valence electrons. The van der Waals surface area contributed by atoms with E-state index in [2.05, 4.69) is 53.8 Å². The molecule has 0 aliphatic heterocycles. The highest BCUT2D eigenvalue weighted by Crippen LogP contribution is 2.17. The van der Waals surface area contributed by atoms with Gasteiger partial charge in [0.05, 0.1) is 22.9 Å². The number of nitrogens with zero attached hydrogens (tertiary/aromatic N) is 3. The Balaban J connectivity index is 0.000000891. The summed E-state index contributed by atoms with van der Waals surface area (Å²) in [5.41, 5.74) is 3.50. The molecular formula is C17H28N4O2S. The maximum atomic E-state index is 8.36. The van der Waals surface area contributed by atoms with Crippen LogP contribution in [0, 0.1) is 27.7 Å². The van der Waals surface area contributed by atoms with Crippen LogP contribution in [0.5, 0.6) is 0 Å². The molecule has 0 bridgehead atoms. The van der Waals surface area contributed by atoms with Crippen molar-refractivity contribution in [1.29, 1.82) is 0 Å². The van der Waals surface area contributed by atoms with E-state index in [9.17, 15) is 0 Å². The minimum absolute atomic E-state index is 0.250. The minimum Gasteiger partial charge on any atom is -0.483 e. The number of aryl methyl sites for hydroxylation is 5. The zero-order chi connectivity index (χ0) is 18.1. The quantitative estimate of drug-likeness (QED) is 0.592. The minimum atomic E-state index is -0.250. The highest BCUT2D eigenvalue weighted by Gasteiger charge is 2.07. The van der Waals surface area contributed by atoms with Crippen LogP contribution in [-0.4, -0.2) is 38.9 Å². The molecule has 0 aromatic carbocycles. The van der Waals surface area contributed by atoms with Crippen molar-refractivity contribution in [1.82, 2.24) is 20.1 Å². The fourth-order valence-corrected chi connectivity index (χ4v) is 3.39. The standard InChI is InChI=1S/C16H26N4S.CH2O2/c1-11-9-13(3)20(19-11)10-12(2)17-8-6-7-16-18-14(4)15(5)21-16;2-1-3/h9,12,17H,6-8,10H2,1-5H3;1H,(H,2,3). The summed E-state index contributed by atoms with van der Waals surface area (Å²) in [6, 6.07) is 2.56. The number of hydrogen-bond donors (Lipinski definition) is 2. The Morgan fingerprint density at radius 3 is 2.54 bits per heavy atom. The lowest BCUT2D eigenvalue weighted by molar-refractivity contribution is -0.122. The Kier molecular flexibility index (Phi) is 8.63. The number of carboxylic acid groups (broad SMARTS) is 1. The summed E-state index contributed by atoms with van der Waals surface area (Å²) in [6.07, 6.45) is 2.20. The monoisotopic (exact) mass is 352 g/mol. The first-order chi connectivity index (χ1) is 11.4. The van der Waals surface area contributed by atoms with Crippen molar-refractivity contribution in [2.24, 2.45) is 0 Å². The molecule has 0 amide bonds. The summed E-state index contributed by atoms with van der Waals surface area (Å²) in [6.45, 7) is 12.3. The van der Waals surface area contributed by atoms with Gasteiger partial charge in [-0.05, 0) is 53.7 Å². The largest absolute Gasteiger partial charge is 0.483 e. The number of hydrogen-bond acceptors (Lipinski definition) is 5. The summed E-state index contributed by atoms with van der Waals surface area (Å²) in [5, 5.41) is 16.2. The second-order valence-corrected chi connectivity index (χ2v) is 7.21. The summed E-state index contributed by atoms with van der Waals surface area (Å²) in [7, 11) is 0. The molecule has 0 fully saturated rings. The lowest BCUT2D eigenvalue weighted by Crippen LogP contribution is -2.32. The average Bonchev–Trinajstić information content (AvgIpc) is 2.98. The summed E-state index contributed by atoms with van der Waals surface area (Å²) in [5.74, 6) is 0. The van der Waals surface area contributed by atoms with Crippen molar-refractivity contribution >= 4 is 17.8 Å². The smallest absolute Gasteiger partial charge is 0.290 e. The van der Waals surface area contributed by atoms with Crippen LogP contribution in [0.3, 0.4) is 0 Å². The molecule has 0 spiro atoms. The first kappa shape index (κ1) is 20.3. The Hall–Kier alpha value is -1.73. The predicted octanol–water partition coefficient (Wildman–Crippen LogP) is 2.88. The normalized spacial score (nSPS) is 11.7. The van der Waals surface area contributed by atoms with Crippen molar-refractivity contribution in [3.63, 3.8) is 0 Å². The number of rotatable bonds is 7. The van der Waals surface area contributed by atoms with E-state index in [0.717, 1.165) is 31.6 Å². The maximum Gasteiger partial charge on any atom is 0.290 e. The van der Waals surface area contributed by atoms with Gasteiger partial charge in [-0.1, -0.05) is 0 Å². The number of aromatic nitrogens is 3. The third-order valence-corrected chi connectivity index (χ3v) is 4.82. The van der Waals surface area contributed by atoms with Gasteiger partial charge in [0.25, 0.3) is 6.47 Å². The summed E-state index contributed by atoms with van der Waals surface area (Å²) >= 11 is 1.83. The summed E-state index contributed by atoms with van der Waals surface area (Å²) < 4.78 is 2.08. The lowest BCUT2D eigenvalue weighted by atomic mass is 10.2. The topological polar surface area (TPSA) is 80.0 Å². The molecule has 2 heterocycles. The molecule has 2 aromatic rings. The number of thiazole rings is 1. The van der Waals surface area contributed by atoms with Crippen molar-refractivity contribution in [3.8, 4) is 0 Å². The maximum absolute atomic E-state index is 8.36. The molecule has 0 aliphatic carbocycles. The van der Waals surface area contributed by atoms with Gasteiger partial charge in [-0.2, -0.15) is 5.10 Å². The molecule has 0 radical (unpaired) electrons. The second kappa shape index (κ2) is 10.2. The molecule has 0 aliphatic rings. The van der Waals surface area contributed by atoms with Gasteiger partial charge in [0.1, 0.15) is 0 Å². The van der Waals surface area contributed by atoms with Gasteiger partial charge in [-0.25, -0.2) is 4.98 Å². The molecule has 2 rings (SSSR count). The van der Waals surface area contributed by atoms with Gasteiger partial charge in [-0.3, -0.25) is 9.48 Å². The lowest BCUT2D eigenvalue weighted by Gasteiger charge is -2.14. The highest BCUT2D eigenvalue weighted by molar-refractivity contribution is 7.11. The van der Waals surface area contributed by atoms with E-state index >= 15 is 0 Å². The Morgan fingerprint density at radius 2 is 2.04 bits per heavy atom. The van der Waals surface area contributed by atoms with E-state index in [-0.39, 0.29) is 6.47 Å². The molecule has 0 saturated carbocycles. The van der Waals surface area contributed by atoms with E-state index in [1.807, 2.05) is 18.3 Å². The van der Waals surface area contributed by atoms with Crippen molar-refractivity contribution in [2.75, 3.05) is 6.54 Å². The molecule has 1 atom stereocenters. The molecule has 24 heavy (non-hydrogen) atoms. The Labute approximate surface area is 147 Å². The predicted molar refractivity (Wildman–Crippen MR) is 97.8 cm³/mol. The van der Waals surface area contributed by atoms with Gasteiger partial charge in [0.15, 0.2) is 0 Å². The molecule has 2 aromatic heterocycles. The van der Waals surface area contributed by atoms with Crippen LogP contribution in [0.15, 0.2) is 6.07 Å². The van der Waals surface area contributed by atoms with Crippen LogP contribution in [0.2, 0.25) is 0 Å². The van der Waals surface area contributed by atoms with Crippen LogP contribution >= 0.6 is 11.3 Å². The molecule has 7 heteroatoms. The third kappa shape index (κ3) is 6.80. The van der Waals surface area contributed by atoms with E-state index < -0.39 is 0 Å². The second-order valence-electron chi connectivity index (χ2n) is 5.92. The fourth-order valence-electron chi connectivity index (χ4n) is 2.42. The average molecular weight is 353 g/mol. The highest BCUT2D eigenvalue weighted by atomic mass is 32.1. The molecule has 0 saturated heterocycles. The van der Waals surface area contributed by atoms with Gasteiger partial charge in [0.2, 0.25) is 0 Å². The van der Waals surface area contributed by atoms with Crippen LogP contribution in [-0.2, 0) is 17.8 Å². The first-order valence-electron chi connectivity index (χ1n) is 8.12. The van der Waals surface area contributed by atoms with Crippen LogP contribution in [0.1, 0.15) is 40.3 Å². The fraction of sp³-hybridized carbons (Fsp3) is 0.588. The number of nitrogens with one attached hydrogen (secondary N) is 1. The van der Waals surface area contributed by atoms with Crippen molar-refractivity contribution in [2.45, 2.75) is 60.0 Å². The van der Waals surface area contributed by atoms with Gasteiger partial charge < -0.3 is 10.4 Å². The van der Waals surface area contributed by atoms with Crippen LogP contribution in [0.4, 0.5) is 0 Å². The van der Waals surface area contributed by atoms with E-state index in [4.69, 9.17) is 9.90 Å². The molecule has 1 unspecified atom stereocenters. The Morgan fingerprint density at radius 1 is 1.38 bits per heavy atom. The molecule has 2 N–H and O–H groups in total.